The predicted molar refractivity (Wildman–Crippen MR) is 92.1 cm³/mol. The van der Waals surface area contributed by atoms with Crippen LogP contribution in [0, 0.1) is 0 Å². The van der Waals surface area contributed by atoms with Gasteiger partial charge < -0.3 is 10.1 Å². The minimum absolute atomic E-state index is 0.0102. The third kappa shape index (κ3) is 4.13. The standard InChI is InChI=1S/C16H19Cl2NOS/c1-3-9-19-15(12-10-14(17)21-16(12)18)11-7-5-6-8-13(11)20-4-2/h5-8,10,15,19H,3-4,9H2,1-2H3. The molecule has 5 heteroatoms. The molecule has 0 saturated heterocycles. The second kappa shape index (κ2) is 8.04. The van der Waals surface area contributed by atoms with Gasteiger partial charge in [0.05, 0.1) is 21.3 Å². The van der Waals surface area contributed by atoms with Crippen LogP contribution in [0.4, 0.5) is 0 Å². The van der Waals surface area contributed by atoms with E-state index in [2.05, 4.69) is 18.3 Å². The average molecular weight is 344 g/mol. The molecule has 0 fully saturated rings. The summed E-state index contributed by atoms with van der Waals surface area (Å²) < 4.78 is 7.18. The summed E-state index contributed by atoms with van der Waals surface area (Å²) >= 11 is 13.9. The molecule has 0 aliphatic heterocycles. The molecule has 21 heavy (non-hydrogen) atoms. The number of thiophene rings is 1. The van der Waals surface area contributed by atoms with Crippen molar-refractivity contribution in [3.8, 4) is 5.75 Å². The second-order valence-corrected chi connectivity index (χ2v) is 6.92. The van der Waals surface area contributed by atoms with E-state index in [4.69, 9.17) is 27.9 Å². The van der Waals surface area contributed by atoms with Crippen LogP contribution >= 0.6 is 34.5 Å². The molecule has 0 saturated carbocycles. The summed E-state index contributed by atoms with van der Waals surface area (Å²) in [5, 5.41) is 3.54. The largest absolute Gasteiger partial charge is 0.494 e. The number of halogens is 2. The number of hydrogen-bond donors (Lipinski definition) is 1. The summed E-state index contributed by atoms with van der Waals surface area (Å²) in [6, 6.07) is 9.98. The van der Waals surface area contributed by atoms with E-state index in [1.807, 2.05) is 31.2 Å². The molecule has 2 rings (SSSR count). The van der Waals surface area contributed by atoms with Crippen molar-refractivity contribution >= 4 is 34.5 Å². The number of hydrogen-bond acceptors (Lipinski definition) is 3. The van der Waals surface area contributed by atoms with Crippen LogP contribution in [0.1, 0.15) is 37.4 Å². The van der Waals surface area contributed by atoms with E-state index in [1.165, 1.54) is 11.3 Å². The zero-order valence-corrected chi connectivity index (χ0v) is 14.5. The van der Waals surface area contributed by atoms with Gasteiger partial charge in [-0.15, -0.1) is 11.3 Å². The molecule has 0 radical (unpaired) electrons. The summed E-state index contributed by atoms with van der Waals surface area (Å²) in [4.78, 5) is 0. The monoisotopic (exact) mass is 343 g/mol. The number of rotatable bonds is 7. The van der Waals surface area contributed by atoms with Crippen molar-refractivity contribution in [1.82, 2.24) is 5.32 Å². The fraction of sp³-hybridized carbons (Fsp3) is 0.375. The van der Waals surface area contributed by atoms with Gasteiger partial charge in [-0.3, -0.25) is 0 Å². The SMILES string of the molecule is CCCNC(c1ccccc1OCC)c1cc(Cl)sc1Cl. The lowest BCUT2D eigenvalue weighted by molar-refractivity contribution is 0.333. The molecular formula is C16H19Cl2NOS. The van der Waals surface area contributed by atoms with Crippen molar-refractivity contribution in [3.05, 3.63) is 50.1 Å². The van der Waals surface area contributed by atoms with Crippen LogP contribution in [0.15, 0.2) is 30.3 Å². The molecule has 0 aliphatic rings. The van der Waals surface area contributed by atoms with Gasteiger partial charge >= 0.3 is 0 Å². The van der Waals surface area contributed by atoms with E-state index in [9.17, 15) is 0 Å². The smallest absolute Gasteiger partial charge is 0.124 e. The third-order valence-electron chi connectivity index (χ3n) is 3.12. The van der Waals surface area contributed by atoms with E-state index in [1.54, 1.807) is 0 Å². The molecule has 1 aromatic carbocycles. The molecule has 1 N–H and O–H groups in total. The summed E-state index contributed by atoms with van der Waals surface area (Å²) in [6.45, 7) is 5.66. The molecule has 114 valence electrons. The normalized spacial score (nSPS) is 12.4. The number of para-hydroxylation sites is 1. The lowest BCUT2D eigenvalue weighted by Gasteiger charge is -2.21. The Kier molecular flexibility index (Phi) is 6.37. The molecule has 2 aromatic rings. The Balaban J connectivity index is 2.43. The Labute approximate surface area is 140 Å². The minimum Gasteiger partial charge on any atom is -0.494 e. The quantitative estimate of drug-likeness (QED) is 0.712. The number of benzene rings is 1. The topological polar surface area (TPSA) is 21.3 Å². The van der Waals surface area contributed by atoms with Gasteiger partial charge in [0.1, 0.15) is 5.75 Å². The molecule has 1 aromatic heterocycles. The fourth-order valence-corrected chi connectivity index (χ4v) is 3.76. The summed E-state index contributed by atoms with van der Waals surface area (Å²) in [5.41, 5.74) is 2.09. The van der Waals surface area contributed by atoms with E-state index in [0.717, 1.165) is 34.2 Å². The maximum absolute atomic E-state index is 6.35. The van der Waals surface area contributed by atoms with Crippen LogP contribution < -0.4 is 10.1 Å². The van der Waals surface area contributed by atoms with Gasteiger partial charge in [0.15, 0.2) is 0 Å². The van der Waals surface area contributed by atoms with Crippen molar-refractivity contribution in [1.29, 1.82) is 0 Å². The first-order chi connectivity index (χ1) is 10.2. The maximum Gasteiger partial charge on any atom is 0.124 e. The highest BCUT2D eigenvalue weighted by molar-refractivity contribution is 7.20. The summed E-state index contributed by atoms with van der Waals surface area (Å²) in [5.74, 6) is 0.881. The fourth-order valence-electron chi connectivity index (χ4n) is 2.23. The summed E-state index contributed by atoms with van der Waals surface area (Å²) in [7, 11) is 0. The van der Waals surface area contributed by atoms with Crippen molar-refractivity contribution in [2.24, 2.45) is 0 Å². The lowest BCUT2D eigenvalue weighted by atomic mass is 10.00. The lowest BCUT2D eigenvalue weighted by Crippen LogP contribution is -2.23. The van der Waals surface area contributed by atoms with Gasteiger partial charge in [-0.2, -0.15) is 0 Å². The van der Waals surface area contributed by atoms with Crippen LogP contribution in [0.5, 0.6) is 5.75 Å². The van der Waals surface area contributed by atoms with E-state index >= 15 is 0 Å². The van der Waals surface area contributed by atoms with Crippen LogP contribution in [0.3, 0.4) is 0 Å². The molecule has 0 amide bonds. The second-order valence-electron chi connectivity index (χ2n) is 4.64. The highest BCUT2D eigenvalue weighted by Gasteiger charge is 2.22. The van der Waals surface area contributed by atoms with Crippen LogP contribution in [0.25, 0.3) is 0 Å². The first-order valence-electron chi connectivity index (χ1n) is 7.07. The first-order valence-corrected chi connectivity index (χ1v) is 8.64. The number of nitrogens with one attached hydrogen (secondary N) is 1. The van der Waals surface area contributed by atoms with E-state index in [-0.39, 0.29) is 6.04 Å². The Morgan fingerprint density at radius 2 is 1.95 bits per heavy atom. The summed E-state index contributed by atoms with van der Waals surface area (Å²) in [6.07, 6.45) is 1.04. The van der Waals surface area contributed by atoms with Gasteiger partial charge in [0.25, 0.3) is 0 Å². The Bertz CT molecular complexity index is 585. The van der Waals surface area contributed by atoms with E-state index < -0.39 is 0 Å². The molecule has 1 unspecified atom stereocenters. The zero-order chi connectivity index (χ0) is 15.2. The Morgan fingerprint density at radius 3 is 2.57 bits per heavy atom. The van der Waals surface area contributed by atoms with Gasteiger partial charge in [0.2, 0.25) is 0 Å². The molecule has 1 atom stereocenters. The molecule has 0 bridgehead atoms. The van der Waals surface area contributed by atoms with Crippen molar-refractivity contribution in [2.45, 2.75) is 26.3 Å². The van der Waals surface area contributed by atoms with Crippen molar-refractivity contribution < 1.29 is 4.74 Å². The van der Waals surface area contributed by atoms with Crippen molar-refractivity contribution in [3.63, 3.8) is 0 Å². The van der Waals surface area contributed by atoms with Gasteiger partial charge in [-0.1, -0.05) is 48.3 Å². The molecular weight excluding hydrogens is 325 g/mol. The molecule has 0 spiro atoms. The third-order valence-corrected chi connectivity index (χ3v) is 4.64. The van der Waals surface area contributed by atoms with Gasteiger partial charge in [0, 0.05) is 11.1 Å². The van der Waals surface area contributed by atoms with Crippen LogP contribution in [-0.4, -0.2) is 13.2 Å². The number of ether oxygens (including phenoxy) is 1. The minimum atomic E-state index is -0.0102. The van der Waals surface area contributed by atoms with Crippen molar-refractivity contribution in [2.75, 3.05) is 13.2 Å². The van der Waals surface area contributed by atoms with Crippen LogP contribution in [0.2, 0.25) is 8.67 Å². The highest BCUT2D eigenvalue weighted by Crippen LogP contribution is 2.39. The predicted octanol–water partition coefficient (Wildman–Crippen LogP) is 5.54. The van der Waals surface area contributed by atoms with Crippen LogP contribution in [-0.2, 0) is 0 Å². The first kappa shape index (κ1) is 16.6. The van der Waals surface area contributed by atoms with E-state index in [0.29, 0.717) is 10.9 Å². The van der Waals surface area contributed by atoms with Gasteiger partial charge in [-0.25, -0.2) is 0 Å². The molecule has 1 heterocycles. The Hall–Kier alpha value is -0.740. The average Bonchev–Trinajstić information content (AvgIpc) is 2.80. The Morgan fingerprint density at radius 1 is 1.19 bits per heavy atom. The molecule has 2 nitrogen and oxygen atoms in total. The zero-order valence-electron chi connectivity index (χ0n) is 12.2. The maximum atomic E-state index is 6.35. The molecule has 0 aliphatic carbocycles. The van der Waals surface area contributed by atoms with Gasteiger partial charge in [-0.05, 0) is 32.0 Å². The highest BCUT2D eigenvalue weighted by atomic mass is 35.5.